The summed E-state index contributed by atoms with van der Waals surface area (Å²) in [6.45, 7) is 5.23. The highest BCUT2D eigenvalue weighted by atomic mass is 35.5. The van der Waals surface area contributed by atoms with E-state index in [1.165, 1.54) is 0 Å². The van der Waals surface area contributed by atoms with E-state index in [2.05, 4.69) is 0 Å². The normalized spacial score (nSPS) is 10.5. The maximum atomic E-state index is 6.05. The van der Waals surface area contributed by atoms with Crippen LogP contribution < -0.4 is 4.74 Å². The Hall–Kier alpha value is -0.770. The maximum Gasteiger partial charge on any atom is 0.189 e. The predicted octanol–water partition coefficient (Wildman–Crippen LogP) is 2.96. The smallest absolute Gasteiger partial charge is 0.189 e. The quantitative estimate of drug-likeness (QED) is 0.569. The molecule has 0 radical (unpaired) electrons. The SMILES string of the molecule is COCCOCOc1cc(C)c(Cl)c(C)c1. The second-order valence-electron chi connectivity index (χ2n) is 3.53. The van der Waals surface area contributed by atoms with Crippen molar-refractivity contribution in [2.45, 2.75) is 13.8 Å². The number of hydrogen-bond donors (Lipinski definition) is 0. The Kier molecular flexibility index (Phi) is 5.60. The second-order valence-corrected chi connectivity index (χ2v) is 3.91. The minimum Gasteiger partial charge on any atom is -0.468 e. The van der Waals surface area contributed by atoms with Gasteiger partial charge in [-0.3, -0.25) is 0 Å². The Morgan fingerprint density at radius 1 is 1.12 bits per heavy atom. The van der Waals surface area contributed by atoms with Crippen molar-refractivity contribution in [3.63, 3.8) is 0 Å². The molecule has 0 heterocycles. The summed E-state index contributed by atoms with van der Waals surface area (Å²) in [5.74, 6) is 0.775. The minimum atomic E-state index is 0.226. The van der Waals surface area contributed by atoms with Crippen molar-refractivity contribution >= 4 is 11.6 Å². The Bertz CT molecular complexity index is 316. The fraction of sp³-hybridized carbons (Fsp3) is 0.500. The van der Waals surface area contributed by atoms with Crippen molar-refractivity contribution in [2.24, 2.45) is 0 Å². The van der Waals surface area contributed by atoms with Crippen LogP contribution in [-0.2, 0) is 9.47 Å². The Morgan fingerprint density at radius 2 is 1.75 bits per heavy atom. The van der Waals surface area contributed by atoms with Crippen LogP contribution >= 0.6 is 11.6 Å². The number of methoxy groups -OCH3 is 1. The van der Waals surface area contributed by atoms with Crippen molar-refractivity contribution in [1.29, 1.82) is 0 Å². The van der Waals surface area contributed by atoms with Crippen molar-refractivity contribution < 1.29 is 14.2 Å². The zero-order chi connectivity index (χ0) is 12.0. The van der Waals surface area contributed by atoms with Gasteiger partial charge in [0.1, 0.15) is 5.75 Å². The number of halogens is 1. The van der Waals surface area contributed by atoms with Crippen LogP contribution in [-0.4, -0.2) is 27.1 Å². The first-order valence-electron chi connectivity index (χ1n) is 5.11. The summed E-state index contributed by atoms with van der Waals surface area (Å²) in [6.07, 6.45) is 0. The molecule has 0 aliphatic heterocycles. The summed E-state index contributed by atoms with van der Waals surface area (Å²) < 4.78 is 15.5. The van der Waals surface area contributed by atoms with Crippen molar-refractivity contribution in [3.8, 4) is 5.75 Å². The van der Waals surface area contributed by atoms with Crippen molar-refractivity contribution in [2.75, 3.05) is 27.1 Å². The standard InChI is InChI=1S/C12H17ClO3/c1-9-6-11(7-10(2)12(9)13)16-8-15-5-4-14-3/h6-7H,4-5,8H2,1-3H3. The van der Waals surface area contributed by atoms with E-state index in [0.29, 0.717) is 13.2 Å². The van der Waals surface area contributed by atoms with E-state index in [9.17, 15) is 0 Å². The zero-order valence-corrected chi connectivity index (χ0v) is 10.6. The third-order valence-electron chi connectivity index (χ3n) is 2.15. The first-order valence-corrected chi connectivity index (χ1v) is 5.49. The van der Waals surface area contributed by atoms with E-state index < -0.39 is 0 Å². The molecule has 4 heteroatoms. The summed E-state index contributed by atoms with van der Waals surface area (Å²) >= 11 is 6.05. The summed E-state index contributed by atoms with van der Waals surface area (Å²) in [5, 5.41) is 0.785. The van der Waals surface area contributed by atoms with E-state index in [1.54, 1.807) is 7.11 Å². The topological polar surface area (TPSA) is 27.7 Å². The molecule has 0 amide bonds. The number of rotatable bonds is 6. The first-order chi connectivity index (χ1) is 7.65. The highest BCUT2D eigenvalue weighted by molar-refractivity contribution is 6.32. The van der Waals surface area contributed by atoms with Gasteiger partial charge in [-0.05, 0) is 37.1 Å². The molecule has 0 saturated heterocycles. The molecule has 0 saturated carbocycles. The molecular formula is C12H17ClO3. The fourth-order valence-electron chi connectivity index (χ4n) is 1.30. The van der Waals surface area contributed by atoms with Crippen LogP contribution in [0.5, 0.6) is 5.75 Å². The summed E-state index contributed by atoms with van der Waals surface area (Å²) in [4.78, 5) is 0. The molecule has 0 fully saturated rings. The third-order valence-corrected chi connectivity index (χ3v) is 2.75. The van der Waals surface area contributed by atoms with Gasteiger partial charge in [-0.2, -0.15) is 0 Å². The van der Waals surface area contributed by atoms with Gasteiger partial charge < -0.3 is 14.2 Å². The van der Waals surface area contributed by atoms with Crippen LogP contribution in [0, 0.1) is 13.8 Å². The molecule has 0 unspecified atom stereocenters. The maximum absolute atomic E-state index is 6.05. The highest BCUT2D eigenvalue weighted by Gasteiger charge is 2.03. The molecule has 1 rings (SSSR count). The largest absolute Gasteiger partial charge is 0.468 e. The monoisotopic (exact) mass is 244 g/mol. The van der Waals surface area contributed by atoms with Gasteiger partial charge in [0.15, 0.2) is 6.79 Å². The minimum absolute atomic E-state index is 0.226. The van der Waals surface area contributed by atoms with E-state index in [4.69, 9.17) is 25.8 Å². The van der Waals surface area contributed by atoms with Gasteiger partial charge in [0.25, 0.3) is 0 Å². The molecule has 0 atom stereocenters. The lowest BCUT2D eigenvalue weighted by molar-refractivity contribution is -0.00850. The second kappa shape index (κ2) is 6.74. The Balaban J connectivity index is 2.43. The van der Waals surface area contributed by atoms with Crippen LogP contribution in [0.2, 0.25) is 5.02 Å². The molecule has 3 nitrogen and oxygen atoms in total. The van der Waals surface area contributed by atoms with Crippen LogP contribution in [0.15, 0.2) is 12.1 Å². The van der Waals surface area contributed by atoms with Crippen molar-refractivity contribution in [3.05, 3.63) is 28.3 Å². The molecule has 0 bridgehead atoms. The molecule has 0 aromatic heterocycles. The Morgan fingerprint density at radius 3 is 2.31 bits per heavy atom. The number of hydrogen-bond acceptors (Lipinski definition) is 3. The average molecular weight is 245 g/mol. The van der Waals surface area contributed by atoms with E-state index >= 15 is 0 Å². The highest BCUT2D eigenvalue weighted by Crippen LogP contribution is 2.25. The van der Waals surface area contributed by atoms with Gasteiger partial charge in [0.05, 0.1) is 13.2 Å². The number of aryl methyl sites for hydroxylation is 2. The van der Waals surface area contributed by atoms with Crippen molar-refractivity contribution in [1.82, 2.24) is 0 Å². The molecule has 1 aromatic carbocycles. The van der Waals surface area contributed by atoms with Crippen LogP contribution in [0.4, 0.5) is 0 Å². The van der Waals surface area contributed by atoms with Gasteiger partial charge in [-0.15, -0.1) is 0 Å². The number of benzene rings is 1. The van der Waals surface area contributed by atoms with E-state index in [-0.39, 0.29) is 6.79 Å². The average Bonchev–Trinajstić information content (AvgIpc) is 2.25. The molecule has 0 aliphatic carbocycles. The van der Waals surface area contributed by atoms with Crippen LogP contribution in [0.3, 0.4) is 0 Å². The molecule has 0 N–H and O–H groups in total. The zero-order valence-electron chi connectivity index (χ0n) is 9.88. The molecule has 1 aromatic rings. The lowest BCUT2D eigenvalue weighted by Gasteiger charge is -2.10. The summed E-state index contributed by atoms with van der Waals surface area (Å²) in [7, 11) is 1.64. The fourth-order valence-corrected chi connectivity index (χ4v) is 1.41. The van der Waals surface area contributed by atoms with Crippen LogP contribution in [0.25, 0.3) is 0 Å². The first kappa shape index (κ1) is 13.3. The third kappa shape index (κ3) is 4.00. The Labute approximate surface area is 101 Å². The lowest BCUT2D eigenvalue weighted by Crippen LogP contribution is -2.07. The molecule has 90 valence electrons. The molecule has 16 heavy (non-hydrogen) atoms. The van der Waals surface area contributed by atoms with Gasteiger partial charge >= 0.3 is 0 Å². The molecule has 0 aliphatic rings. The van der Waals surface area contributed by atoms with Gasteiger partial charge in [-0.25, -0.2) is 0 Å². The predicted molar refractivity (Wildman–Crippen MR) is 64.2 cm³/mol. The van der Waals surface area contributed by atoms with Gasteiger partial charge in [-0.1, -0.05) is 11.6 Å². The summed E-state index contributed by atoms with van der Waals surface area (Å²) in [6, 6.07) is 3.80. The molecule has 0 spiro atoms. The molecular weight excluding hydrogens is 228 g/mol. The van der Waals surface area contributed by atoms with E-state index in [0.717, 1.165) is 21.9 Å². The van der Waals surface area contributed by atoms with E-state index in [1.807, 2.05) is 26.0 Å². The van der Waals surface area contributed by atoms with Crippen LogP contribution in [0.1, 0.15) is 11.1 Å². The summed E-state index contributed by atoms with van der Waals surface area (Å²) in [5.41, 5.74) is 2.02. The number of ether oxygens (including phenoxy) is 3. The van der Waals surface area contributed by atoms with Gasteiger partial charge in [0, 0.05) is 12.1 Å². The van der Waals surface area contributed by atoms with Gasteiger partial charge in [0.2, 0.25) is 0 Å². The lowest BCUT2D eigenvalue weighted by atomic mass is 10.1.